The van der Waals surface area contributed by atoms with E-state index in [1.807, 2.05) is 6.08 Å². The minimum Gasteiger partial charge on any atom is -0.379 e. The number of unbranched alkanes of at least 4 members (excludes halogenated alkanes) is 1. The first-order chi connectivity index (χ1) is 8.86. The molecule has 1 rings (SSSR count). The molecule has 0 N–H and O–H groups in total. The maximum atomic E-state index is 5.80. The fourth-order valence-electron chi connectivity index (χ4n) is 1.74. The summed E-state index contributed by atoms with van der Waals surface area (Å²) in [5.41, 5.74) is 0. The van der Waals surface area contributed by atoms with Crippen LogP contribution in [0.4, 0.5) is 0 Å². The summed E-state index contributed by atoms with van der Waals surface area (Å²) in [6, 6.07) is 0. The highest BCUT2D eigenvalue weighted by atomic mass is 32.2. The van der Waals surface area contributed by atoms with Gasteiger partial charge in [0.05, 0.1) is 23.9 Å². The number of rotatable bonds is 10. The monoisotopic (exact) mass is 290 g/mol. The molecule has 0 unspecified atom stereocenters. The quantitative estimate of drug-likeness (QED) is 0.447. The molecule has 1 saturated heterocycles. The highest BCUT2D eigenvalue weighted by molar-refractivity contribution is 8.17. The van der Waals surface area contributed by atoms with Gasteiger partial charge in [0.15, 0.2) is 0 Å². The smallest absolute Gasteiger partial charge is 0.0831 e. The van der Waals surface area contributed by atoms with Crippen LogP contribution in [0.15, 0.2) is 12.7 Å². The van der Waals surface area contributed by atoms with Crippen molar-refractivity contribution in [1.82, 2.24) is 0 Å². The van der Waals surface area contributed by atoms with Crippen molar-refractivity contribution in [1.29, 1.82) is 0 Å². The maximum Gasteiger partial charge on any atom is 0.0831 e. The molecule has 1 heterocycles. The standard InChI is InChI=1S/C14H26O2S2/c1-3-5-8-15-12-13(16-7-4-2)11-14-17-9-6-10-18-14/h4,13-14H,2-3,5-12H2,1H3/t13-/m0/s1. The Bertz CT molecular complexity index is 206. The van der Waals surface area contributed by atoms with Gasteiger partial charge in [0.25, 0.3) is 0 Å². The molecule has 0 saturated carbocycles. The molecular weight excluding hydrogens is 264 g/mol. The number of hydrogen-bond donors (Lipinski definition) is 0. The van der Waals surface area contributed by atoms with Gasteiger partial charge in [-0.05, 0) is 30.8 Å². The summed E-state index contributed by atoms with van der Waals surface area (Å²) in [6.45, 7) is 8.11. The molecule has 0 aromatic heterocycles. The van der Waals surface area contributed by atoms with Crippen LogP contribution < -0.4 is 0 Å². The van der Waals surface area contributed by atoms with Gasteiger partial charge in [-0.3, -0.25) is 0 Å². The van der Waals surface area contributed by atoms with Gasteiger partial charge in [-0.25, -0.2) is 0 Å². The molecule has 2 nitrogen and oxygen atoms in total. The van der Waals surface area contributed by atoms with E-state index >= 15 is 0 Å². The minimum atomic E-state index is 0.225. The Balaban J connectivity index is 2.22. The van der Waals surface area contributed by atoms with Crippen LogP contribution in [0.25, 0.3) is 0 Å². The van der Waals surface area contributed by atoms with Crippen molar-refractivity contribution >= 4 is 23.5 Å². The molecule has 1 atom stereocenters. The summed E-state index contributed by atoms with van der Waals surface area (Å²) in [5.74, 6) is 2.59. The molecule has 1 fully saturated rings. The zero-order chi connectivity index (χ0) is 13.1. The molecule has 0 aromatic rings. The second-order valence-corrected chi connectivity index (χ2v) is 7.35. The SMILES string of the molecule is C=CCO[C@H](COCCCC)CC1SCCCS1. The highest BCUT2D eigenvalue weighted by Gasteiger charge is 2.20. The third-order valence-electron chi connectivity index (χ3n) is 2.75. The molecule has 0 amide bonds. The van der Waals surface area contributed by atoms with Gasteiger partial charge >= 0.3 is 0 Å². The van der Waals surface area contributed by atoms with Crippen LogP contribution in [0.2, 0.25) is 0 Å². The Labute approximate surface area is 120 Å². The highest BCUT2D eigenvalue weighted by Crippen LogP contribution is 2.34. The van der Waals surface area contributed by atoms with Gasteiger partial charge in [-0.1, -0.05) is 19.4 Å². The molecule has 0 aliphatic carbocycles. The summed E-state index contributed by atoms with van der Waals surface area (Å²) < 4.78 is 12.2. The Morgan fingerprint density at radius 2 is 2.17 bits per heavy atom. The van der Waals surface area contributed by atoms with Gasteiger partial charge in [-0.15, -0.1) is 30.1 Å². The molecule has 18 heavy (non-hydrogen) atoms. The molecule has 0 bridgehead atoms. The number of hydrogen-bond acceptors (Lipinski definition) is 4. The summed E-state index contributed by atoms with van der Waals surface area (Å²) in [5, 5.41) is 0. The zero-order valence-electron chi connectivity index (χ0n) is 11.4. The lowest BCUT2D eigenvalue weighted by Crippen LogP contribution is -2.25. The second kappa shape index (κ2) is 11.2. The van der Waals surface area contributed by atoms with E-state index in [-0.39, 0.29) is 6.10 Å². The number of thioether (sulfide) groups is 2. The third-order valence-corrected chi connectivity index (χ3v) is 5.74. The third kappa shape index (κ3) is 7.72. The molecule has 1 aliphatic rings. The predicted molar refractivity (Wildman–Crippen MR) is 83.6 cm³/mol. The first kappa shape index (κ1) is 16.4. The van der Waals surface area contributed by atoms with E-state index < -0.39 is 0 Å². The average molecular weight is 290 g/mol. The lowest BCUT2D eigenvalue weighted by Gasteiger charge is -2.25. The van der Waals surface area contributed by atoms with Crippen LogP contribution in [-0.2, 0) is 9.47 Å². The molecule has 1 aliphatic heterocycles. The molecule has 0 spiro atoms. The molecule has 0 aromatic carbocycles. The van der Waals surface area contributed by atoms with E-state index in [1.165, 1.54) is 24.3 Å². The van der Waals surface area contributed by atoms with Crippen molar-refractivity contribution in [3.63, 3.8) is 0 Å². The van der Waals surface area contributed by atoms with Crippen molar-refractivity contribution in [3.8, 4) is 0 Å². The van der Waals surface area contributed by atoms with Gasteiger partial charge in [0.2, 0.25) is 0 Å². The van der Waals surface area contributed by atoms with Crippen LogP contribution in [0.1, 0.15) is 32.6 Å². The van der Waals surface area contributed by atoms with E-state index in [2.05, 4.69) is 37.0 Å². The van der Waals surface area contributed by atoms with Gasteiger partial charge in [0.1, 0.15) is 0 Å². The average Bonchev–Trinajstić information content (AvgIpc) is 2.41. The minimum absolute atomic E-state index is 0.225. The normalized spacial score (nSPS) is 18.7. The van der Waals surface area contributed by atoms with Crippen LogP contribution >= 0.6 is 23.5 Å². The van der Waals surface area contributed by atoms with Crippen LogP contribution in [-0.4, -0.2) is 42.0 Å². The number of ether oxygens (including phenoxy) is 2. The van der Waals surface area contributed by atoms with E-state index in [9.17, 15) is 0 Å². The van der Waals surface area contributed by atoms with Crippen molar-refractivity contribution < 1.29 is 9.47 Å². The molecular formula is C14H26O2S2. The van der Waals surface area contributed by atoms with E-state index in [0.717, 1.165) is 26.1 Å². The Hall–Kier alpha value is 0.360. The van der Waals surface area contributed by atoms with Crippen LogP contribution in [0.5, 0.6) is 0 Å². The maximum absolute atomic E-state index is 5.80. The van der Waals surface area contributed by atoms with Gasteiger partial charge in [-0.2, -0.15) is 0 Å². The van der Waals surface area contributed by atoms with Gasteiger partial charge in [0, 0.05) is 6.61 Å². The van der Waals surface area contributed by atoms with Gasteiger partial charge < -0.3 is 9.47 Å². The molecule has 0 radical (unpaired) electrons. The van der Waals surface area contributed by atoms with Crippen molar-refractivity contribution in [2.24, 2.45) is 0 Å². The van der Waals surface area contributed by atoms with E-state index in [1.54, 1.807) is 0 Å². The van der Waals surface area contributed by atoms with Crippen LogP contribution in [0, 0.1) is 0 Å². The topological polar surface area (TPSA) is 18.5 Å². The van der Waals surface area contributed by atoms with E-state index in [4.69, 9.17) is 9.47 Å². The molecule has 106 valence electrons. The fraction of sp³-hybridized carbons (Fsp3) is 0.857. The Morgan fingerprint density at radius 3 is 2.83 bits per heavy atom. The summed E-state index contributed by atoms with van der Waals surface area (Å²) in [7, 11) is 0. The first-order valence-electron chi connectivity index (χ1n) is 6.90. The predicted octanol–water partition coefficient (Wildman–Crippen LogP) is 3.96. The summed E-state index contributed by atoms with van der Waals surface area (Å²) >= 11 is 4.14. The first-order valence-corrected chi connectivity index (χ1v) is 9.00. The lowest BCUT2D eigenvalue weighted by molar-refractivity contribution is -0.00802. The zero-order valence-corrected chi connectivity index (χ0v) is 13.1. The molecule has 4 heteroatoms. The summed E-state index contributed by atoms with van der Waals surface area (Å²) in [4.78, 5) is 0. The second-order valence-electron chi connectivity index (χ2n) is 4.43. The fourth-order valence-corrected chi connectivity index (χ4v) is 4.73. The van der Waals surface area contributed by atoms with Crippen molar-refractivity contribution in [2.45, 2.75) is 43.3 Å². The van der Waals surface area contributed by atoms with Crippen LogP contribution in [0.3, 0.4) is 0 Å². The lowest BCUT2D eigenvalue weighted by atomic mass is 10.3. The Morgan fingerprint density at radius 1 is 1.39 bits per heavy atom. The van der Waals surface area contributed by atoms with E-state index in [0.29, 0.717) is 11.2 Å². The van der Waals surface area contributed by atoms with Crippen molar-refractivity contribution in [2.75, 3.05) is 31.3 Å². The van der Waals surface area contributed by atoms with Crippen molar-refractivity contribution in [3.05, 3.63) is 12.7 Å². The largest absolute Gasteiger partial charge is 0.379 e. The Kier molecular flexibility index (Phi) is 10.2. The summed E-state index contributed by atoms with van der Waals surface area (Å²) in [6.07, 6.45) is 6.81.